The maximum Gasteiger partial charge on any atom is 0.257 e. The van der Waals surface area contributed by atoms with Gasteiger partial charge in [-0.1, -0.05) is 30.3 Å². The van der Waals surface area contributed by atoms with E-state index in [9.17, 15) is 9.59 Å². The van der Waals surface area contributed by atoms with Crippen molar-refractivity contribution in [2.24, 2.45) is 0 Å². The van der Waals surface area contributed by atoms with Gasteiger partial charge in [-0.15, -0.1) is 0 Å². The Morgan fingerprint density at radius 1 is 1.00 bits per heavy atom. The van der Waals surface area contributed by atoms with Crippen molar-refractivity contribution in [3.05, 3.63) is 59.2 Å². The normalized spacial score (nSPS) is 19.6. The molecule has 2 aliphatic heterocycles. The highest BCUT2D eigenvalue weighted by atomic mass is 16.2. The summed E-state index contributed by atoms with van der Waals surface area (Å²) in [6.07, 6.45) is 8.28. The highest BCUT2D eigenvalue weighted by molar-refractivity contribution is 5.95. The highest BCUT2D eigenvalue weighted by Crippen LogP contribution is 2.30. The van der Waals surface area contributed by atoms with Gasteiger partial charge in [0.1, 0.15) is 0 Å². The number of benzene rings is 1. The Kier molecular flexibility index (Phi) is 6.41. The molecule has 6 nitrogen and oxygen atoms in total. The minimum absolute atomic E-state index is 0.0272. The Bertz CT molecular complexity index is 893. The first-order chi connectivity index (χ1) is 14.6. The Balaban J connectivity index is 1.51. The predicted octanol–water partition coefficient (Wildman–Crippen LogP) is 3.71. The molecule has 0 spiro atoms. The van der Waals surface area contributed by atoms with E-state index in [0.717, 1.165) is 57.3 Å². The number of piperidine rings is 2. The second kappa shape index (κ2) is 9.37. The van der Waals surface area contributed by atoms with Gasteiger partial charge in [0.2, 0.25) is 5.91 Å². The van der Waals surface area contributed by atoms with E-state index in [2.05, 4.69) is 4.98 Å². The van der Waals surface area contributed by atoms with Gasteiger partial charge in [0.25, 0.3) is 5.91 Å². The zero-order valence-electron chi connectivity index (χ0n) is 17.7. The summed E-state index contributed by atoms with van der Waals surface area (Å²) in [5.74, 6) is 0.795. The molecule has 1 aromatic carbocycles. The van der Waals surface area contributed by atoms with Crippen LogP contribution in [0.4, 0.5) is 0 Å². The molecular weight excluding hydrogens is 376 g/mol. The molecule has 2 amide bonds. The molecule has 4 rings (SSSR count). The molecule has 2 saturated heterocycles. The Morgan fingerprint density at radius 3 is 2.47 bits per heavy atom. The van der Waals surface area contributed by atoms with Crippen molar-refractivity contribution < 1.29 is 9.59 Å². The summed E-state index contributed by atoms with van der Waals surface area (Å²) in [6, 6.07) is 9.73. The lowest BCUT2D eigenvalue weighted by Gasteiger charge is -2.35. The Labute approximate surface area is 178 Å². The summed E-state index contributed by atoms with van der Waals surface area (Å²) in [6.45, 7) is 4.23. The number of nitrogens with zero attached hydrogens (tertiary/aromatic N) is 4. The number of likely N-dealkylation sites (tertiary alicyclic amines) is 2. The molecule has 2 fully saturated rings. The average molecular weight is 407 g/mol. The van der Waals surface area contributed by atoms with Gasteiger partial charge in [-0.3, -0.25) is 9.59 Å². The molecule has 1 aromatic heterocycles. The molecule has 158 valence electrons. The van der Waals surface area contributed by atoms with Crippen LogP contribution in [0.15, 0.2) is 36.5 Å². The van der Waals surface area contributed by atoms with Crippen molar-refractivity contribution in [2.45, 2.75) is 57.9 Å². The molecule has 3 heterocycles. The molecule has 0 radical (unpaired) electrons. The molecule has 2 aromatic rings. The largest absolute Gasteiger partial charge is 0.339 e. The molecule has 0 unspecified atom stereocenters. The van der Waals surface area contributed by atoms with Crippen LogP contribution in [0.1, 0.15) is 72.0 Å². The minimum atomic E-state index is -0.118. The predicted molar refractivity (Wildman–Crippen MR) is 115 cm³/mol. The zero-order chi connectivity index (χ0) is 20.9. The van der Waals surface area contributed by atoms with E-state index in [-0.39, 0.29) is 17.9 Å². The van der Waals surface area contributed by atoms with E-state index >= 15 is 0 Å². The summed E-state index contributed by atoms with van der Waals surface area (Å²) < 4.78 is 0. The fourth-order valence-electron chi connectivity index (χ4n) is 4.49. The average Bonchev–Trinajstić information content (AvgIpc) is 2.80. The lowest BCUT2D eigenvalue weighted by atomic mass is 9.99. The van der Waals surface area contributed by atoms with Gasteiger partial charge in [-0.25, -0.2) is 9.97 Å². The Morgan fingerprint density at radius 2 is 1.73 bits per heavy atom. The third-order valence-corrected chi connectivity index (χ3v) is 6.19. The van der Waals surface area contributed by atoms with Gasteiger partial charge in [0.05, 0.1) is 23.7 Å². The van der Waals surface area contributed by atoms with Crippen LogP contribution in [0.5, 0.6) is 0 Å². The molecule has 1 atom stereocenters. The van der Waals surface area contributed by atoms with E-state index in [4.69, 9.17) is 4.98 Å². The first-order valence-electron chi connectivity index (χ1n) is 11.1. The summed E-state index contributed by atoms with van der Waals surface area (Å²) in [5.41, 5.74) is 2.31. The van der Waals surface area contributed by atoms with Gasteiger partial charge < -0.3 is 9.80 Å². The zero-order valence-corrected chi connectivity index (χ0v) is 17.7. The number of rotatable bonds is 4. The van der Waals surface area contributed by atoms with Crippen molar-refractivity contribution in [1.29, 1.82) is 0 Å². The maximum atomic E-state index is 13.0. The highest BCUT2D eigenvalue weighted by Gasteiger charge is 2.31. The van der Waals surface area contributed by atoms with Crippen molar-refractivity contribution in [3.63, 3.8) is 0 Å². The second-order valence-corrected chi connectivity index (χ2v) is 8.34. The van der Waals surface area contributed by atoms with Gasteiger partial charge in [0, 0.05) is 25.8 Å². The maximum absolute atomic E-state index is 13.0. The second-order valence-electron chi connectivity index (χ2n) is 8.34. The van der Waals surface area contributed by atoms with Gasteiger partial charge in [-0.2, -0.15) is 0 Å². The molecule has 6 heteroatoms. The monoisotopic (exact) mass is 406 g/mol. The summed E-state index contributed by atoms with van der Waals surface area (Å²) in [4.78, 5) is 39.0. The topological polar surface area (TPSA) is 66.4 Å². The van der Waals surface area contributed by atoms with Crippen LogP contribution < -0.4 is 0 Å². The number of aromatic nitrogens is 2. The van der Waals surface area contributed by atoms with E-state index in [1.54, 1.807) is 6.20 Å². The van der Waals surface area contributed by atoms with Crippen LogP contribution in [0.25, 0.3) is 0 Å². The van der Waals surface area contributed by atoms with Crippen molar-refractivity contribution in [3.8, 4) is 0 Å². The third-order valence-electron chi connectivity index (χ3n) is 6.19. The molecule has 0 saturated carbocycles. The van der Waals surface area contributed by atoms with E-state index in [1.165, 1.54) is 6.42 Å². The van der Waals surface area contributed by atoms with Crippen LogP contribution in [0.2, 0.25) is 0 Å². The van der Waals surface area contributed by atoms with Gasteiger partial charge in [-0.05, 0) is 51.0 Å². The van der Waals surface area contributed by atoms with Crippen LogP contribution in [0.3, 0.4) is 0 Å². The molecule has 2 aliphatic rings. The lowest BCUT2D eigenvalue weighted by molar-refractivity contribution is -0.134. The number of hydrogen-bond donors (Lipinski definition) is 0. The molecular formula is C24H30N4O2. The van der Waals surface area contributed by atoms with Gasteiger partial charge >= 0.3 is 0 Å². The van der Waals surface area contributed by atoms with Crippen LogP contribution in [-0.2, 0) is 11.2 Å². The quantitative estimate of drug-likeness (QED) is 0.776. The van der Waals surface area contributed by atoms with E-state index in [0.29, 0.717) is 23.5 Å². The summed E-state index contributed by atoms with van der Waals surface area (Å²) >= 11 is 0. The fraction of sp³-hybridized carbons (Fsp3) is 0.500. The SMILES string of the molecule is Cc1nc([C@H]2CCCCN2C(=O)Cc2ccccc2)ncc1C(=O)N1CCCCC1. The smallest absolute Gasteiger partial charge is 0.257 e. The molecule has 30 heavy (non-hydrogen) atoms. The lowest BCUT2D eigenvalue weighted by Crippen LogP contribution is -2.40. The number of hydrogen-bond acceptors (Lipinski definition) is 4. The Hall–Kier alpha value is -2.76. The van der Waals surface area contributed by atoms with Crippen molar-refractivity contribution in [2.75, 3.05) is 19.6 Å². The van der Waals surface area contributed by atoms with Crippen LogP contribution >= 0.6 is 0 Å². The third kappa shape index (κ3) is 4.53. The number of carbonyl (C=O) groups is 2. The number of carbonyl (C=O) groups excluding carboxylic acids is 2. The number of aryl methyl sites for hydroxylation is 1. The number of amides is 2. The summed E-state index contributed by atoms with van der Waals surface area (Å²) in [7, 11) is 0. The van der Waals surface area contributed by atoms with Gasteiger partial charge in [0.15, 0.2) is 5.82 Å². The molecule has 0 aliphatic carbocycles. The molecule has 0 bridgehead atoms. The minimum Gasteiger partial charge on any atom is -0.339 e. The van der Waals surface area contributed by atoms with E-state index in [1.807, 2.05) is 47.1 Å². The fourth-order valence-corrected chi connectivity index (χ4v) is 4.49. The van der Waals surface area contributed by atoms with Crippen LogP contribution in [-0.4, -0.2) is 51.2 Å². The van der Waals surface area contributed by atoms with Crippen molar-refractivity contribution in [1.82, 2.24) is 19.8 Å². The summed E-state index contributed by atoms with van der Waals surface area (Å²) in [5, 5.41) is 0. The standard InChI is InChI=1S/C24H30N4O2/c1-18-20(24(30)27-13-7-3-8-14-27)17-25-23(26-18)21-12-6-9-15-28(21)22(29)16-19-10-4-2-5-11-19/h2,4-5,10-11,17,21H,3,6-9,12-16H2,1H3/t21-/m1/s1. The van der Waals surface area contributed by atoms with Crippen molar-refractivity contribution >= 4 is 11.8 Å². The van der Waals surface area contributed by atoms with E-state index < -0.39 is 0 Å². The van der Waals surface area contributed by atoms with Crippen LogP contribution in [0, 0.1) is 6.92 Å². The molecule has 0 N–H and O–H groups in total. The first-order valence-corrected chi connectivity index (χ1v) is 11.1. The first kappa shape index (κ1) is 20.5.